The first-order valence-electron chi connectivity index (χ1n) is 10.2. The van der Waals surface area contributed by atoms with Gasteiger partial charge in [0.1, 0.15) is 11.0 Å². The summed E-state index contributed by atoms with van der Waals surface area (Å²) in [7, 11) is 0. The quantitative estimate of drug-likeness (QED) is 0.576. The highest BCUT2D eigenvalue weighted by Crippen LogP contribution is 2.90. The summed E-state index contributed by atoms with van der Waals surface area (Å²) >= 11 is 25.0. The lowest BCUT2D eigenvalue weighted by Gasteiger charge is -2.57. The fourth-order valence-electron chi connectivity index (χ4n) is 7.36. The van der Waals surface area contributed by atoms with Crippen LogP contribution in [0.15, 0.2) is 30.3 Å². The fraction of sp³-hybridized carbons (Fsp3) is 0.318. The Morgan fingerprint density at radius 3 is 2.34 bits per heavy atom. The molecular weight excluding hydrogens is 496 g/mol. The Labute approximate surface area is 202 Å². The van der Waals surface area contributed by atoms with Gasteiger partial charge < -0.3 is 5.32 Å². The Balaban J connectivity index is 1.47. The minimum absolute atomic E-state index is 0.304. The molecule has 5 aliphatic rings. The molecule has 7 rings (SSSR count). The first-order valence-corrected chi connectivity index (χ1v) is 11.7. The molecule has 1 N–H and O–H groups in total. The molecule has 2 aromatic carbocycles. The van der Waals surface area contributed by atoms with Crippen molar-refractivity contribution in [3.8, 4) is 0 Å². The molecule has 3 spiro atoms. The predicted molar refractivity (Wildman–Crippen MR) is 120 cm³/mol. The van der Waals surface area contributed by atoms with Crippen molar-refractivity contribution >= 4 is 75.5 Å². The molecule has 4 atom stereocenters. The van der Waals surface area contributed by atoms with E-state index in [1.165, 1.54) is 18.2 Å². The Morgan fingerprint density at radius 1 is 0.938 bits per heavy atom. The van der Waals surface area contributed by atoms with Gasteiger partial charge in [-0.2, -0.15) is 0 Å². The molecule has 1 aliphatic carbocycles. The number of nitrogens with one attached hydrogen (secondary N) is 1. The number of rotatable bonds is 1. The van der Waals surface area contributed by atoms with Gasteiger partial charge in [-0.05, 0) is 43.2 Å². The topological polar surface area (TPSA) is 69.7 Å². The van der Waals surface area contributed by atoms with E-state index in [1.807, 2.05) is 4.90 Å². The van der Waals surface area contributed by atoms with E-state index in [2.05, 4.69) is 5.32 Å². The summed E-state index contributed by atoms with van der Waals surface area (Å²) in [4.78, 5) is 44.6. The Kier molecular flexibility index (Phi) is 3.45. The first-order chi connectivity index (χ1) is 15.2. The van der Waals surface area contributed by atoms with Crippen molar-refractivity contribution in [1.29, 1.82) is 0 Å². The zero-order valence-electron chi connectivity index (χ0n) is 16.2. The maximum absolute atomic E-state index is 14.1. The summed E-state index contributed by atoms with van der Waals surface area (Å²) in [6, 6.07) is 7.84. The summed E-state index contributed by atoms with van der Waals surface area (Å²) in [5.74, 6) is -1.70. The molecule has 4 aliphatic heterocycles. The van der Waals surface area contributed by atoms with Gasteiger partial charge in [0, 0.05) is 27.2 Å². The smallest absolute Gasteiger partial charge is 0.250 e. The lowest BCUT2D eigenvalue weighted by atomic mass is 9.64. The highest BCUT2D eigenvalue weighted by atomic mass is 35.5. The van der Waals surface area contributed by atoms with E-state index in [1.54, 1.807) is 12.1 Å². The van der Waals surface area contributed by atoms with Crippen LogP contribution in [-0.4, -0.2) is 34.7 Å². The highest BCUT2D eigenvalue weighted by molar-refractivity contribution is 6.40. The molecule has 3 amide bonds. The molecule has 4 heterocycles. The summed E-state index contributed by atoms with van der Waals surface area (Å²) in [6.07, 6.45) is 1.47. The maximum atomic E-state index is 14.1. The second kappa shape index (κ2) is 5.62. The first kappa shape index (κ1) is 19.6. The zero-order chi connectivity index (χ0) is 22.4. The van der Waals surface area contributed by atoms with Gasteiger partial charge in [0.2, 0.25) is 11.8 Å². The minimum atomic E-state index is -1.32. The van der Waals surface area contributed by atoms with E-state index < -0.39 is 28.3 Å². The van der Waals surface area contributed by atoms with Gasteiger partial charge in [-0.25, -0.2) is 4.90 Å². The van der Waals surface area contributed by atoms with Crippen LogP contribution in [0.4, 0.5) is 11.4 Å². The van der Waals surface area contributed by atoms with Crippen LogP contribution in [0.5, 0.6) is 0 Å². The summed E-state index contributed by atoms with van der Waals surface area (Å²) in [5, 5.41) is 4.17. The largest absolute Gasteiger partial charge is 0.322 e. The van der Waals surface area contributed by atoms with Gasteiger partial charge in [-0.1, -0.05) is 46.4 Å². The van der Waals surface area contributed by atoms with Crippen LogP contribution in [0.2, 0.25) is 20.1 Å². The third-order valence-corrected chi connectivity index (χ3v) is 8.98. The molecule has 10 heteroatoms. The number of hydrogen-bond acceptors (Lipinski definition) is 4. The van der Waals surface area contributed by atoms with Crippen molar-refractivity contribution in [2.24, 2.45) is 11.3 Å². The normalized spacial score (nSPS) is 36.1. The van der Waals surface area contributed by atoms with E-state index in [9.17, 15) is 14.4 Å². The number of carbonyl (C=O) groups is 3. The summed E-state index contributed by atoms with van der Waals surface area (Å²) in [6.45, 7) is 0.610. The maximum Gasteiger partial charge on any atom is 0.250 e. The molecule has 2 aromatic rings. The molecule has 32 heavy (non-hydrogen) atoms. The van der Waals surface area contributed by atoms with Gasteiger partial charge in [0.25, 0.3) is 5.91 Å². The SMILES string of the molecule is O=C1[C@@H]2C34CCCN3[C@@]3(C(=O)Nc5c(Cl)cc(Cl)cc53)C24C(=O)N1c1cc(Cl)cc(Cl)c1. The third kappa shape index (κ3) is 1.68. The second-order valence-electron chi connectivity index (χ2n) is 9.00. The lowest BCUT2D eigenvalue weighted by molar-refractivity contribution is -0.168. The van der Waals surface area contributed by atoms with Crippen LogP contribution in [-0.2, 0) is 19.9 Å². The number of nitrogens with zero attached hydrogens (tertiary/aromatic N) is 2. The number of halogens is 4. The fourth-order valence-corrected chi connectivity index (χ4v) is 8.42. The van der Waals surface area contributed by atoms with Crippen LogP contribution in [0.3, 0.4) is 0 Å². The van der Waals surface area contributed by atoms with Crippen LogP contribution in [0.25, 0.3) is 0 Å². The number of piperidine rings is 1. The number of imide groups is 1. The van der Waals surface area contributed by atoms with E-state index >= 15 is 0 Å². The molecule has 0 aromatic heterocycles. The molecule has 0 radical (unpaired) electrons. The third-order valence-electron chi connectivity index (χ3n) is 8.03. The van der Waals surface area contributed by atoms with Gasteiger partial charge in [-0.15, -0.1) is 0 Å². The van der Waals surface area contributed by atoms with Crippen molar-refractivity contribution in [2.75, 3.05) is 16.8 Å². The number of hydrogen-bond donors (Lipinski definition) is 1. The van der Waals surface area contributed by atoms with Crippen molar-refractivity contribution in [3.05, 3.63) is 56.0 Å². The zero-order valence-corrected chi connectivity index (χ0v) is 19.2. The van der Waals surface area contributed by atoms with Crippen LogP contribution >= 0.6 is 46.4 Å². The van der Waals surface area contributed by atoms with Crippen molar-refractivity contribution in [3.63, 3.8) is 0 Å². The Bertz CT molecular complexity index is 1330. The average Bonchev–Trinajstić information content (AvgIpc) is 2.94. The number of fused-ring (bicyclic) bond motifs is 3. The standard InChI is InChI=1S/C22H13Cl4N3O3/c23-9-4-10(24)6-12(5-9)29-17(30)16-20-2-1-3-28(20)22(21(16,20)19(29)32)13-7-11(25)8-14(26)15(13)27-18(22)31/h4-8,16H,1-3H2,(H,27,31)/t16-,20?,21?,22+/m1/s1. The van der Waals surface area contributed by atoms with E-state index in [0.717, 1.165) is 11.3 Å². The number of carbonyl (C=O) groups excluding carboxylic acids is 3. The molecule has 4 fully saturated rings. The molecule has 162 valence electrons. The van der Waals surface area contributed by atoms with Gasteiger partial charge in [0.05, 0.1) is 27.9 Å². The van der Waals surface area contributed by atoms with Crippen LogP contribution in [0.1, 0.15) is 18.4 Å². The number of amides is 3. The van der Waals surface area contributed by atoms with Crippen molar-refractivity contribution in [1.82, 2.24) is 4.90 Å². The van der Waals surface area contributed by atoms with E-state index in [0.29, 0.717) is 50.0 Å². The number of anilines is 2. The number of benzene rings is 2. The molecule has 0 bridgehead atoms. The van der Waals surface area contributed by atoms with Crippen LogP contribution < -0.4 is 10.2 Å². The summed E-state index contributed by atoms with van der Waals surface area (Å²) < 4.78 is 0. The molecule has 2 unspecified atom stereocenters. The highest BCUT2D eigenvalue weighted by Gasteiger charge is 3.07. The van der Waals surface area contributed by atoms with E-state index in [4.69, 9.17) is 46.4 Å². The van der Waals surface area contributed by atoms with Gasteiger partial charge in [-0.3, -0.25) is 19.3 Å². The van der Waals surface area contributed by atoms with Crippen molar-refractivity contribution < 1.29 is 14.4 Å². The molecule has 3 saturated heterocycles. The van der Waals surface area contributed by atoms with Gasteiger partial charge >= 0.3 is 0 Å². The minimum Gasteiger partial charge on any atom is -0.322 e. The van der Waals surface area contributed by atoms with Gasteiger partial charge in [0.15, 0.2) is 0 Å². The predicted octanol–water partition coefficient (Wildman–Crippen LogP) is 4.49. The van der Waals surface area contributed by atoms with Crippen molar-refractivity contribution in [2.45, 2.75) is 23.9 Å². The molecular formula is C22H13Cl4N3O3. The van der Waals surface area contributed by atoms with Crippen LogP contribution in [0, 0.1) is 11.3 Å². The monoisotopic (exact) mass is 507 g/mol. The Morgan fingerprint density at radius 2 is 1.62 bits per heavy atom. The molecule has 6 nitrogen and oxygen atoms in total. The second-order valence-corrected chi connectivity index (χ2v) is 10.7. The molecule has 1 saturated carbocycles. The van der Waals surface area contributed by atoms with E-state index in [-0.39, 0.29) is 11.8 Å². The Hall–Kier alpha value is -1.83. The summed E-state index contributed by atoms with van der Waals surface area (Å²) in [5.41, 5.74) is -1.84. The average molecular weight is 509 g/mol. The lowest BCUT2D eigenvalue weighted by Crippen LogP contribution is -2.75.